The molecule has 0 saturated carbocycles. The number of oxime groups is 1. The molecule has 0 aromatic rings. The molecule has 0 rings (SSSR count). The third-order valence-electron chi connectivity index (χ3n) is 1.81. The number of methoxy groups -OCH3 is 3. The van der Waals surface area contributed by atoms with E-state index < -0.39 is 30.4 Å². The Morgan fingerprint density at radius 3 is 2.11 bits per heavy atom. The molecule has 1 unspecified atom stereocenters. The summed E-state index contributed by atoms with van der Waals surface area (Å²) in [7, 11) is 3.47. The van der Waals surface area contributed by atoms with Gasteiger partial charge in [0.1, 0.15) is 0 Å². The quantitative estimate of drug-likeness (QED) is 0.212. The molecule has 8 heteroatoms. The van der Waals surface area contributed by atoms with Gasteiger partial charge in [-0.05, 0) is 6.92 Å². The Balaban J connectivity index is 4.70. The fourth-order valence-electron chi connectivity index (χ4n) is 0.820. The van der Waals surface area contributed by atoms with Gasteiger partial charge in [-0.2, -0.15) is 0 Å². The third kappa shape index (κ3) is 5.28. The number of rotatable bonds is 6. The van der Waals surface area contributed by atoms with Crippen molar-refractivity contribution in [3.63, 3.8) is 0 Å². The van der Waals surface area contributed by atoms with Crippen LogP contribution in [0.2, 0.25) is 0 Å². The lowest BCUT2D eigenvalue weighted by molar-refractivity contribution is -0.153. The summed E-state index contributed by atoms with van der Waals surface area (Å²) in [6, 6.07) is 0. The second-order valence-electron chi connectivity index (χ2n) is 3.05. The van der Waals surface area contributed by atoms with Crippen molar-refractivity contribution in [3.05, 3.63) is 0 Å². The Kier molecular flexibility index (Phi) is 7.10. The van der Waals surface area contributed by atoms with Crippen molar-refractivity contribution in [2.75, 3.05) is 21.3 Å². The van der Waals surface area contributed by atoms with Gasteiger partial charge in [0.2, 0.25) is 6.10 Å². The number of ether oxygens (including phenoxy) is 3. The number of carbonyl (C=O) groups excluding carboxylic acids is 3. The first-order chi connectivity index (χ1) is 8.46. The maximum absolute atomic E-state index is 11.3. The van der Waals surface area contributed by atoms with E-state index in [-0.39, 0.29) is 5.71 Å². The highest BCUT2D eigenvalue weighted by Crippen LogP contribution is 1.99. The number of hydrogen-bond acceptors (Lipinski definition) is 8. The van der Waals surface area contributed by atoms with Crippen LogP contribution in [0.15, 0.2) is 5.16 Å². The van der Waals surface area contributed by atoms with Crippen LogP contribution in [0.5, 0.6) is 0 Å². The minimum Gasteiger partial charge on any atom is -0.469 e. The van der Waals surface area contributed by atoms with E-state index in [9.17, 15) is 14.4 Å². The first-order valence-corrected chi connectivity index (χ1v) is 4.91. The molecule has 0 amide bonds. The van der Waals surface area contributed by atoms with Crippen LogP contribution in [0, 0.1) is 0 Å². The summed E-state index contributed by atoms with van der Waals surface area (Å²) in [6.45, 7) is 1.38. The van der Waals surface area contributed by atoms with Gasteiger partial charge in [0.25, 0.3) is 0 Å². The summed E-state index contributed by atoms with van der Waals surface area (Å²) in [6.07, 6.45) is -1.43. The number of carbonyl (C=O) groups is 3. The average Bonchev–Trinajstić information content (AvgIpc) is 2.40. The highest BCUT2D eigenvalue weighted by molar-refractivity contribution is 6.39. The molecule has 0 aliphatic rings. The second-order valence-corrected chi connectivity index (χ2v) is 3.05. The van der Waals surface area contributed by atoms with Crippen LogP contribution >= 0.6 is 0 Å². The van der Waals surface area contributed by atoms with Crippen LogP contribution in [0.25, 0.3) is 0 Å². The summed E-state index contributed by atoms with van der Waals surface area (Å²) in [5, 5.41) is 3.39. The zero-order valence-corrected chi connectivity index (χ0v) is 10.6. The average molecular weight is 262 g/mol. The van der Waals surface area contributed by atoms with E-state index >= 15 is 0 Å². The van der Waals surface area contributed by atoms with Gasteiger partial charge < -0.3 is 19.0 Å². The number of esters is 3. The molecular formula is C10H15NO7. The molecule has 0 bridgehead atoms. The SMILES string of the molecule is COC(=O)C/C(=[15N]/OC(C)C(=O)OC)C(=O)OC. The van der Waals surface area contributed by atoms with Gasteiger partial charge in [0.05, 0.1) is 27.8 Å². The molecule has 0 aliphatic carbocycles. The normalized spacial score (nSPS) is 12.3. The van der Waals surface area contributed by atoms with E-state index in [4.69, 9.17) is 4.84 Å². The van der Waals surface area contributed by atoms with Crippen molar-refractivity contribution in [2.24, 2.45) is 5.16 Å². The molecule has 0 N–H and O–H groups in total. The van der Waals surface area contributed by atoms with Crippen molar-refractivity contribution >= 4 is 23.6 Å². The second kappa shape index (κ2) is 8.04. The monoisotopic (exact) mass is 262 g/mol. The van der Waals surface area contributed by atoms with Crippen molar-refractivity contribution in [2.45, 2.75) is 19.4 Å². The standard InChI is InChI=1S/C10H15NO7/c1-6(9(13)16-3)18-11-7(10(14)17-4)5-8(12)15-2/h6H,5H2,1-4H3/b11-7-/i11+1. The summed E-state index contributed by atoms with van der Waals surface area (Å²) in [5.74, 6) is -2.20. The number of hydrogen-bond donors (Lipinski definition) is 0. The van der Waals surface area contributed by atoms with Gasteiger partial charge in [0.15, 0.2) is 5.71 Å². The third-order valence-corrected chi connectivity index (χ3v) is 1.81. The van der Waals surface area contributed by atoms with Crippen molar-refractivity contribution in [1.82, 2.24) is 0 Å². The largest absolute Gasteiger partial charge is 0.469 e. The molecule has 0 radical (unpaired) electrons. The fourth-order valence-corrected chi connectivity index (χ4v) is 0.820. The lowest BCUT2D eigenvalue weighted by atomic mass is 10.3. The molecule has 18 heavy (non-hydrogen) atoms. The Morgan fingerprint density at radius 2 is 1.67 bits per heavy atom. The minimum atomic E-state index is -1.01. The van der Waals surface area contributed by atoms with Gasteiger partial charge in [-0.3, -0.25) is 4.79 Å². The van der Waals surface area contributed by atoms with Crippen LogP contribution in [-0.4, -0.2) is 51.1 Å². The highest BCUT2D eigenvalue weighted by atomic mass is 16.8. The Morgan fingerprint density at radius 1 is 1.06 bits per heavy atom. The van der Waals surface area contributed by atoms with E-state index in [2.05, 4.69) is 19.4 Å². The van der Waals surface area contributed by atoms with Gasteiger partial charge >= 0.3 is 17.9 Å². The molecule has 8 nitrogen and oxygen atoms in total. The Bertz CT molecular complexity index is 350. The summed E-state index contributed by atoms with van der Waals surface area (Å²) < 4.78 is 13.2. The van der Waals surface area contributed by atoms with E-state index in [1.54, 1.807) is 0 Å². The van der Waals surface area contributed by atoms with Gasteiger partial charge in [-0.1, -0.05) is 5.16 Å². The van der Waals surface area contributed by atoms with E-state index in [0.717, 1.165) is 14.2 Å². The van der Waals surface area contributed by atoms with Gasteiger partial charge in [-0.25, -0.2) is 9.59 Å². The Hall–Kier alpha value is -2.12. The van der Waals surface area contributed by atoms with Crippen molar-refractivity contribution in [1.29, 1.82) is 0 Å². The molecule has 102 valence electrons. The maximum atomic E-state index is 11.3. The molecule has 0 fully saturated rings. The lowest BCUT2D eigenvalue weighted by Crippen LogP contribution is -2.24. The summed E-state index contributed by atoms with van der Waals surface area (Å²) >= 11 is 0. The van der Waals surface area contributed by atoms with Crippen LogP contribution in [0.3, 0.4) is 0 Å². The highest BCUT2D eigenvalue weighted by Gasteiger charge is 2.20. The topological polar surface area (TPSA) is 100 Å². The van der Waals surface area contributed by atoms with Crippen molar-refractivity contribution in [3.8, 4) is 0 Å². The van der Waals surface area contributed by atoms with Gasteiger partial charge in [-0.15, -0.1) is 0 Å². The van der Waals surface area contributed by atoms with Crippen LogP contribution in [-0.2, 0) is 33.4 Å². The predicted molar refractivity (Wildman–Crippen MR) is 58.6 cm³/mol. The molecule has 0 heterocycles. The smallest absolute Gasteiger partial charge is 0.356 e. The van der Waals surface area contributed by atoms with E-state index in [1.807, 2.05) is 0 Å². The molecule has 0 aromatic heterocycles. The lowest BCUT2D eigenvalue weighted by Gasteiger charge is -2.08. The van der Waals surface area contributed by atoms with Crippen molar-refractivity contribution < 1.29 is 33.4 Å². The molecular weight excluding hydrogens is 247 g/mol. The summed E-state index contributed by atoms with van der Waals surface area (Å²) in [4.78, 5) is 38.0. The first-order valence-electron chi connectivity index (χ1n) is 4.91. The zero-order valence-electron chi connectivity index (χ0n) is 10.6. The molecule has 0 aliphatic heterocycles. The maximum Gasteiger partial charge on any atom is 0.356 e. The van der Waals surface area contributed by atoms with Gasteiger partial charge in [0, 0.05) is 0 Å². The minimum absolute atomic E-state index is 0.305. The number of nitrogens with zero attached hydrogens (tertiary/aromatic N) is 1. The summed E-state index contributed by atoms with van der Waals surface area (Å²) in [5.41, 5.74) is -0.305. The molecule has 0 spiro atoms. The first kappa shape index (κ1) is 15.9. The van der Waals surface area contributed by atoms with Crippen LogP contribution in [0.4, 0.5) is 0 Å². The fraction of sp³-hybridized carbons (Fsp3) is 0.600. The van der Waals surface area contributed by atoms with E-state index in [0.29, 0.717) is 0 Å². The molecule has 0 saturated heterocycles. The Labute approximate surface area is 104 Å². The molecule has 0 aromatic carbocycles. The predicted octanol–water partition coefficient (Wildman–Crippen LogP) is -0.343. The van der Waals surface area contributed by atoms with Crippen LogP contribution in [0.1, 0.15) is 13.3 Å². The van der Waals surface area contributed by atoms with E-state index in [1.165, 1.54) is 14.0 Å². The zero-order chi connectivity index (χ0) is 14.1. The molecule has 1 atom stereocenters. The van der Waals surface area contributed by atoms with Crippen LogP contribution < -0.4 is 0 Å².